The van der Waals surface area contributed by atoms with Crippen LogP contribution in [0.15, 0.2) is 17.1 Å². The zero-order chi connectivity index (χ0) is 39.1. The van der Waals surface area contributed by atoms with Gasteiger partial charge in [0, 0.05) is 44.4 Å². The van der Waals surface area contributed by atoms with Crippen LogP contribution in [-0.4, -0.2) is 137 Å². The minimum atomic E-state index is -3.32. The van der Waals surface area contributed by atoms with Gasteiger partial charge in [0.05, 0.1) is 35.5 Å². The monoisotopic (exact) mass is 740 g/mol. The van der Waals surface area contributed by atoms with Crippen LogP contribution in [-0.2, 0) is 35.8 Å². The number of Topliss-reactive ketones (excluding diaryl/α,β-unsaturated/α-hetero) is 4. The maximum atomic E-state index is 14.8. The normalized spacial score (nSPS) is 31.4. The molecule has 1 amide bonds. The van der Waals surface area contributed by atoms with E-state index < -0.39 is 153 Å². The SMILES string of the molecule is CO[C@@H]1[C@@H](O)[C@@H](OC)C(N=C2CC(=O)c3c(cc4c(c3O)C(=O)C3(OC)C(O)Cc5cc(C)c(C(=O)O)c(OCC(N)=O)c5C3(O)C4=O)C2=O)O[C@H]1C. The van der Waals surface area contributed by atoms with E-state index in [1.165, 1.54) is 27.2 Å². The van der Waals surface area contributed by atoms with Crippen molar-refractivity contribution in [1.82, 2.24) is 0 Å². The summed E-state index contributed by atoms with van der Waals surface area (Å²) >= 11 is 0. The minimum Gasteiger partial charge on any atom is -0.506 e. The number of phenols is 1. The lowest BCUT2D eigenvalue weighted by atomic mass is 9.56. The fourth-order valence-corrected chi connectivity index (χ4v) is 8.07. The Hall–Kier alpha value is -4.95. The number of ether oxygens (including phenoxy) is 5. The standard InChI is InChI=1S/C35H36N2O16/c1-11-6-13-7-18(39)35(51-5)31(45)22-15(30(44)34(35,48)23(13)28(20(11)33(46)47)52-10-19(36)40)8-14-21(25(22)42)17(38)9-16(24(14)41)37-32-29(50-4)26(43)27(49-3)12(2)53-32/h6,8,12,18,26-27,29,32,39,42-43,48H,7,9-10H2,1-5H3,(H2,36,40)(H,46,47)/t12-,18?,26+,27-,29+,32?,34?,35?/m0/s1. The predicted molar refractivity (Wildman–Crippen MR) is 176 cm³/mol. The van der Waals surface area contributed by atoms with Crippen molar-refractivity contribution in [2.45, 2.75) is 74.6 Å². The second-order valence-corrected chi connectivity index (χ2v) is 13.2. The number of fused-ring (bicyclic) bond motifs is 5. The van der Waals surface area contributed by atoms with Gasteiger partial charge in [-0.25, -0.2) is 4.79 Å². The first-order valence-corrected chi connectivity index (χ1v) is 16.2. The Bertz CT molecular complexity index is 2040. The molecule has 0 spiro atoms. The van der Waals surface area contributed by atoms with Crippen LogP contribution in [0.5, 0.6) is 11.5 Å². The van der Waals surface area contributed by atoms with Crippen molar-refractivity contribution < 1.29 is 78.0 Å². The number of aliphatic hydroxyl groups excluding tert-OH is 2. The van der Waals surface area contributed by atoms with Gasteiger partial charge in [-0.1, -0.05) is 6.07 Å². The molecule has 0 radical (unpaired) electrons. The number of hydrogen-bond acceptors (Lipinski definition) is 16. The number of rotatable bonds is 8. The molecule has 1 saturated heterocycles. The lowest BCUT2D eigenvalue weighted by molar-refractivity contribution is -0.228. The van der Waals surface area contributed by atoms with E-state index in [0.29, 0.717) is 0 Å². The number of carboxylic acid groups (broad SMARTS) is 1. The zero-order valence-electron chi connectivity index (χ0n) is 29.0. The molecular formula is C35H36N2O16. The van der Waals surface area contributed by atoms with Gasteiger partial charge in [0.25, 0.3) is 5.91 Å². The van der Waals surface area contributed by atoms with Gasteiger partial charge in [0.1, 0.15) is 35.4 Å². The summed E-state index contributed by atoms with van der Waals surface area (Å²) in [6.45, 7) is 2.01. The lowest BCUT2D eigenvalue weighted by Gasteiger charge is -2.53. The van der Waals surface area contributed by atoms with Gasteiger partial charge >= 0.3 is 5.97 Å². The molecule has 2 aromatic rings. The number of amides is 1. The molecule has 7 N–H and O–H groups in total. The van der Waals surface area contributed by atoms with E-state index in [9.17, 15) is 54.3 Å². The number of aliphatic imine (C=N–C) groups is 1. The van der Waals surface area contributed by atoms with E-state index in [2.05, 4.69) is 4.99 Å². The average molecular weight is 741 g/mol. The van der Waals surface area contributed by atoms with Gasteiger partial charge in [-0.15, -0.1) is 0 Å². The van der Waals surface area contributed by atoms with Crippen LogP contribution in [0.2, 0.25) is 0 Å². The second-order valence-electron chi connectivity index (χ2n) is 13.2. The number of aromatic carboxylic acids is 1. The highest BCUT2D eigenvalue weighted by atomic mass is 16.6. The number of hydrogen-bond donors (Lipinski definition) is 6. The molecule has 53 heavy (non-hydrogen) atoms. The highest BCUT2D eigenvalue weighted by Crippen LogP contribution is 2.57. The van der Waals surface area contributed by atoms with Crippen molar-refractivity contribution in [3.8, 4) is 11.5 Å². The molecule has 18 heteroatoms. The summed E-state index contributed by atoms with van der Waals surface area (Å²) in [4.78, 5) is 85.5. The van der Waals surface area contributed by atoms with Gasteiger partial charge in [-0.3, -0.25) is 29.0 Å². The summed E-state index contributed by atoms with van der Waals surface area (Å²) in [5, 5.41) is 56.7. The highest BCUT2D eigenvalue weighted by Gasteiger charge is 2.73. The maximum Gasteiger partial charge on any atom is 0.339 e. The first-order valence-electron chi connectivity index (χ1n) is 16.2. The molecule has 1 heterocycles. The zero-order valence-corrected chi connectivity index (χ0v) is 29.0. The number of aliphatic hydroxyl groups is 3. The van der Waals surface area contributed by atoms with E-state index in [0.717, 1.165) is 13.2 Å². The van der Waals surface area contributed by atoms with Gasteiger partial charge in [0.15, 0.2) is 29.8 Å². The third-order valence-corrected chi connectivity index (χ3v) is 10.4. The molecule has 4 unspecified atom stereocenters. The van der Waals surface area contributed by atoms with Gasteiger partial charge in [-0.05, 0) is 31.0 Å². The number of methoxy groups -OCH3 is 3. The number of carboxylic acids is 1. The fourth-order valence-electron chi connectivity index (χ4n) is 8.07. The number of carbonyl (C=O) groups is 6. The van der Waals surface area contributed by atoms with Crippen molar-refractivity contribution in [3.63, 3.8) is 0 Å². The predicted octanol–water partition coefficient (Wildman–Crippen LogP) is -0.822. The van der Waals surface area contributed by atoms with Crippen molar-refractivity contribution >= 4 is 40.7 Å². The molecule has 1 aliphatic heterocycles. The first-order chi connectivity index (χ1) is 24.9. The number of phenolic OH excluding ortho intramolecular Hbond substituents is 1. The molecule has 282 valence electrons. The Morgan fingerprint density at radius 3 is 2.26 bits per heavy atom. The minimum absolute atomic E-state index is 0.0337. The number of nitrogens with zero attached hydrogens (tertiary/aromatic N) is 1. The van der Waals surface area contributed by atoms with Crippen LogP contribution in [0.3, 0.4) is 0 Å². The van der Waals surface area contributed by atoms with Crippen LogP contribution in [0.25, 0.3) is 0 Å². The van der Waals surface area contributed by atoms with E-state index in [1.807, 2.05) is 0 Å². The summed E-state index contributed by atoms with van der Waals surface area (Å²) in [5.74, 6) is -9.25. The number of primary amides is 1. The van der Waals surface area contributed by atoms with Crippen LogP contribution in [0, 0.1) is 6.92 Å². The molecular weight excluding hydrogens is 704 g/mol. The second kappa shape index (κ2) is 13.2. The molecule has 18 nitrogen and oxygen atoms in total. The molecule has 0 aromatic heterocycles. The summed E-state index contributed by atoms with van der Waals surface area (Å²) < 4.78 is 27.5. The summed E-state index contributed by atoms with van der Waals surface area (Å²) in [6.07, 6.45) is -8.55. The Morgan fingerprint density at radius 2 is 1.68 bits per heavy atom. The summed E-state index contributed by atoms with van der Waals surface area (Å²) in [6, 6.07) is 2.05. The Labute approximate surface area is 300 Å². The molecule has 4 aliphatic rings. The quantitative estimate of drug-likeness (QED) is 0.193. The number of benzene rings is 2. The Kier molecular flexibility index (Phi) is 9.39. The van der Waals surface area contributed by atoms with E-state index in [4.69, 9.17) is 29.4 Å². The van der Waals surface area contributed by atoms with Gasteiger partial charge in [0.2, 0.25) is 17.3 Å². The van der Waals surface area contributed by atoms with Crippen LogP contribution >= 0.6 is 0 Å². The maximum absolute atomic E-state index is 14.8. The van der Waals surface area contributed by atoms with Gasteiger partial charge < -0.3 is 55.0 Å². The van der Waals surface area contributed by atoms with Crippen LogP contribution in [0.4, 0.5) is 0 Å². The van der Waals surface area contributed by atoms with Crippen molar-refractivity contribution in [2.75, 3.05) is 27.9 Å². The van der Waals surface area contributed by atoms with Crippen molar-refractivity contribution in [2.24, 2.45) is 10.7 Å². The van der Waals surface area contributed by atoms with Gasteiger partial charge in [-0.2, -0.15) is 0 Å². The van der Waals surface area contributed by atoms with E-state index >= 15 is 0 Å². The van der Waals surface area contributed by atoms with E-state index in [-0.39, 0.29) is 11.1 Å². The third-order valence-electron chi connectivity index (χ3n) is 10.4. The first kappa shape index (κ1) is 37.8. The smallest absolute Gasteiger partial charge is 0.339 e. The van der Waals surface area contributed by atoms with Crippen LogP contribution in [0.1, 0.15) is 81.8 Å². The molecule has 0 bridgehead atoms. The van der Waals surface area contributed by atoms with Crippen molar-refractivity contribution in [1.29, 1.82) is 0 Å². The summed E-state index contributed by atoms with van der Waals surface area (Å²) in [7, 11) is 3.50. The molecule has 2 aromatic carbocycles. The Morgan fingerprint density at radius 1 is 1.02 bits per heavy atom. The lowest BCUT2D eigenvalue weighted by Crippen LogP contribution is -2.73. The fraction of sp³-hybridized carbons (Fsp3) is 0.457. The Balaban J connectivity index is 1.57. The number of nitrogens with two attached hydrogens (primary N) is 1. The van der Waals surface area contributed by atoms with E-state index in [1.54, 1.807) is 6.92 Å². The molecule has 0 saturated carbocycles. The average Bonchev–Trinajstić information content (AvgIpc) is 3.08. The molecule has 1 fully saturated rings. The topological polar surface area (TPSA) is 288 Å². The molecule has 6 rings (SSSR count). The summed E-state index contributed by atoms with van der Waals surface area (Å²) in [5.41, 5.74) is -5.62. The van der Waals surface area contributed by atoms with Crippen molar-refractivity contribution in [3.05, 3.63) is 56.6 Å². The number of aryl methyl sites for hydroxylation is 1. The number of aromatic hydroxyl groups is 1. The third kappa shape index (κ3) is 5.16. The molecule has 8 atom stereocenters. The number of ketones is 4. The number of carbonyl (C=O) groups excluding carboxylic acids is 5. The van der Waals surface area contributed by atoms with Crippen LogP contribution < -0.4 is 10.5 Å². The molecule has 3 aliphatic carbocycles. The highest BCUT2D eigenvalue weighted by molar-refractivity contribution is 6.53. The largest absolute Gasteiger partial charge is 0.506 e.